The van der Waals surface area contributed by atoms with Gasteiger partial charge < -0.3 is 0 Å². The Bertz CT molecular complexity index is 269. The minimum atomic E-state index is 0.781. The quantitative estimate of drug-likeness (QED) is 0.765. The number of piperazine rings is 1. The van der Waals surface area contributed by atoms with Gasteiger partial charge in [-0.25, -0.2) is 0 Å². The summed E-state index contributed by atoms with van der Waals surface area (Å²) < 4.78 is 0. The molecule has 0 aliphatic carbocycles. The van der Waals surface area contributed by atoms with Crippen molar-refractivity contribution in [1.29, 1.82) is 0 Å². The Morgan fingerprint density at radius 3 is 2.63 bits per heavy atom. The highest BCUT2D eigenvalue weighted by molar-refractivity contribution is 7.99. The molecule has 2 aliphatic heterocycles. The number of rotatable bonds is 5. The third-order valence-corrected chi connectivity index (χ3v) is 6.12. The summed E-state index contributed by atoms with van der Waals surface area (Å²) in [6.07, 6.45) is 7.88. The summed E-state index contributed by atoms with van der Waals surface area (Å²) in [5.74, 6) is 0.785. The smallest absolute Gasteiger partial charge is 0.0246 e. The summed E-state index contributed by atoms with van der Waals surface area (Å²) in [7, 11) is 0. The zero-order valence-corrected chi connectivity index (χ0v) is 14.1. The molecule has 0 aromatic carbocycles. The normalized spacial score (nSPS) is 31.4. The Labute approximate surface area is 124 Å². The van der Waals surface area contributed by atoms with Crippen molar-refractivity contribution < 1.29 is 0 Å². The van der Waals surface area contributed by atoms with E-state index in [-0.39, 0.29) is 0 Å². The van der Waals surface area contributed by atoms with E-state index in [1.807, 2.05) is 11.8 Å². The van der Waals surface area contributed by atoms with Crippen LogP contribution >= 0.6 is 11.8 Å². The molecule has 0 aromatic rings. The maximum atomic E-state index is 2.81. The highest BCUT2D eigenvalue weighted by atomic mass is 32.2. The van der Waals surface area contributed by atoms with E-state index in [1.165, 1.54) is 51.9 Å². The summed E-state index contributed by atoms with van der Waals surface area (Å²) in [5, 5.41) is 0.803. The van der Waals surface area contributed by atoms with E-state index in [1.54, 1.807) is 0 Å². The molecular formula is C16H32N2S. The molecule has 0 spiro atoms. The molecular weight excluding hydrogens is 252 g/mol. The second-order valence-electron chi connectivity index (χ2n) is 6.79. The second-order valence-corrected chi connectivity index (χ2v) is 8.06. The molecule has 112 valence electrons. The van der Waals surface area contributed by atoms with Crippen LogP contribution in [-0.4, -0.2) is 59.6 Å². The summed E-state index contributed by atoms with van der Waals surface area (Å²) in [4.78, 5) is 5.59. The van der Waals surface area contributed by atoms with Crippen molar-refractivity contribution >= 4 is 11.8 Å². The Balaban J connectivity index is 1.93. The predicted octanol–water partition coefficient (Wildman–Crippen LogP) is 3.32. The number of hydrogen-bond acceptors (Lipinski definition) is 3. The van der Waals surface area contributed by atoms with Crippen LogP contribution in [0.5, 0.6) is 0 Å². The average molecular weight is 285 g/mol. The van der Waals surface area contributed by atoms with Crippen LogP contribution in [0.4, 0.5) is 0 Å². The molecule has 2 saturated heterocycles. The van der Waals surface area contributed by atoms with Crippen LogP contribution in [0.15, 0.2) is 0 Å². The molecule has 0 radical (unpaired) electrons. The minimum Gasteiger partial charge on any atom is -0.298 e. The average Bonchev–Trinajstić information content (AvgIpc) is 2.43. The molecule has 2 aliphatic rings. The first-order valence-electron chi connectivity index (χ1n) is 8.12. The van der Waals surface area contributed by atoms with Crippen LogP contribution < -0.4 is 0 Å². The molecule has 2 fully saturated rings. The van der Waals surface area contributed by atoms with Gasteiger partial charge in [-0.1, -0.05) is 27.2 Å². The van der Waals surface area contributed by atoms with Crippen molar-refractivity contribution in [1.82, 2.24) is 9.80 Å². The molecule has 2 nitrogen and oxygen atoms in total. The van der Waals surface area contributed by atoms with E-state index >= 15 is 0 Å². The highest BCUT2D eigenvalue weighted by Crippen LogP contribution is 2.27. The monoisotopic (exact) mass is 284 g/mol. The van der Waals surface area contributed by atoms with Gasteiger partial charge >= 0.3 is 0 Å². The predicted molar refractivity (Wildman–Crippen MR) is 87.0 cm³/mol. The fraction of sp³-hybridized carbons (Fsp3) is 1.00. The van der Waals surface area contributed by atoms with Gasteiger partial charge in [0, 0.05) is 30.4 Å². The molecule has 2 heterocycles. The molecule has 3 unspecified atom stereocenters. The van der Waals surface area contributed by atoms with Gasteiger partial charge in [0.2, 0.25) is 0 Å². The fourth-order valence-electron chi connectivity index (χ4n) is 3.62. The third kappa shape index (κ3) is 4.12. The van der Waals surface area contributed by atoms with E-state index in [0.717, 1.165) is 23.3 Å². The van der Waals surface area contributed by atoms with Gasteiger partial charge in [0.05, 0.1) is 0 Å². The third-order valence-electron chi connectivity index (χ3n) is 5.08. The van der Waals surface area contributed by atoms with Crippen molar-refractivity contribution in [2.75, 3.05) is 32.4 Å². The van der Waals surface area contributed by atoms with Gasteiger partial charge in [0.25, 0.3) is 0 Å². The maximum absolute atomic E-state index is 2.81. The van der Waals surface area contributed by atoms with Crippen molar-refractivity contribution in [3.8, 4) is 0 Å². The van der Waals surface area contributed by atoms with Crippen molar-refractivity contribution in [3.05, 3.63) is 0 Å². The van der Waals surface area contributed by atoms with Crippen LogP contribution in [0.1, 0.15) is 46.5 Å². The Kier molecular flexibility index (Phi) is 6.04. The summed E-state index contributed by atoms with van der Waals surface area (Å²) in [6.45, 7) is 12.5. The lowest BCUT2D eigenvalue weighted by molar-refractivity contribution is -0.00769. The molecule has 2 rings (SSSR count). The zero-order valence-electron chi connectivity index (χ0n) is 13.3. The van der Waals surface area contributed by atoms with E-state index in [2.05, 4.69) is 36.8 Å². The first-order chi connectivity index (χ1) is 9.11. The molecule has 0 aromatic heterocycles. The largest absolute Gasteiger partial charge is 0.298 e. The Morgan fingerprint density at radius 1 is 1.16 bits per heavy atom. The van der Waals surface area contributed by atoms with Gasteiger partial charge in [0.1, 0.15) is 0 Å². The number of hydrogen-bond donors (Lipinski definition) is 0. The molecule has 0 saturated carbocycles. The van der Waals surface area contributed by atoms with Crippen LogP contribution in [0.3, 0.4) is 0 Å². The Morgan fingerprint density at radius 2 is 1.95 bits per heavy atom. The molecule has 19 heavy (non-hydrogen) atoms. The number of piperidine rings is 1. The number of fused-ring (bicyclic) bond motifs is 1. The molecule has 0 bridgehead atoms. The second kappa shape index (κ2) is 7.33. The van der Waals surface area contributed by atoms with Crippen LogP contribution in [0.2, 0.25) is 0 Å². The molecule has 0 amide bonds. The lowest BCUT2D eigenvalue weighted by Crippen LogP contribution is -2.61. The number of thioether (sulfide) groups is 1. The van der Waals surface area contributed by atoms with E-state index in [0.29, 0.717) is 0 Å². The van der Waals surface area contributed by atoms with Gasteiger partial charge in [-0.3, -0.25) is 9.80 Å². The fourth-order valence-corrected chi connectivity index (χ4v) is 3.97. The number of nitrogens with zero attached hydrogens (tertiary/aromatic N) is 2. The maximum Gasteiger partial charge on any atom is 0.0246 e. The summed E-state index contributed by atoms with van der Waals surface area (Å²) in [6, 6.07) is 1.64. The van der Waals surface area contributed by atoms with E-state index in [4.69, 9.17) is 0 Å². The van der Waals surface area contributed by atoms with Crippen LogP contribution in [-0.2, 0) is 0 Å². The standard InChI is InChI=1S/C16H32N2S/c1-13(2)16-12-17-9-6-5-7-15(17)11-18(16)10-8-14(3)19-4/h13-16H,5-12H2,1-4H3. The molecule has 0 N–H and O–H groups in total. The zero-order chi connectivity index (χ0) is 13.8. The first kappa shape index (κ1) is 15.7. The van der Waals surface area contributed by atoms with Crippen molar-refractivity contribution in [3.63, 3.8) is 0 Å². The van der Waals surface area contributed by atoms with Crippen molar-refractivity contribution in [2.24, 2.45) is 5.92 Å². The lowest BCUT2D eigenvalue weighted by atomic mass is 9.92. The topological polar surface area (TPSA) is 6.48 Å². The van der Waals surface area contributed by atoms with Crippen LogP contribution in [0, 0.1) is 5.92 Å². The SMILES string of the molecule is CSC(C)CCN1CC2CCCCN2CC1C(C)C. The van der Waals surface area contributed by atoms with E-state index in [9.17, 15) is 0 Å². The molecule has 3 atom stereocenters. The van der Waals surface area contributed by atoms with Crippen LogP contribution in [0.25, 0.3) is 0 Å². The Hall–Kier alpha value is 0.270. The minimum absolute atomic E-state index is 0.781. The van der Waals surface area contributed by atoms with Gasteiger partial charge in [0.15, 0.2) is 0 Å². The van der Waals surface area contributed by atoms with Crippen molar-refractivity contribution in [2.45, 2.75) is 63.8 Å². The summed E-state index contributed by atoms with van der Waals surface area (Å²) >= 11 is 2.01. The first-order valence-corrected chi connectivity index (χ1v) is 9.41. The van der Waals surface area contributed by atoms with Gasteiger partial charge in [-0.15, -0.1) is 0 Å². The van der Waals surface area contributed by atoms with E-state index < -0.39 is 0 Å². The van der Waals surface area contributed by atoms with Gasteiger partial charge in [-0.05, 0) is 44.5 Å². The lowest BCUT2D eigenvalue weighted by Gasteiger charge is -2.50. The van der Waals surface area contributed by atoms with Gasteiger partial charge in [-0.2, -0.15) is 11.8 Å². The highest BCUT2D eigenvalue weighted by Gasteiger charge is 2.35. The molecule has 3 heteroatoms. The summed E-state index contributed by atoms with van der Waals surface area (Å²) in [5.41, 5.74) is 0.